The summed E-state index contributed by atoms with van der Waals surface area (Å²) in [7, 11) is 0. The Morgan fingerprint density at radius 3 is 2.74 bits per heavy atom. The van der Waals surface area contributed by atoms with Crippen molar-refractivity contribution < 1.29 is 9.53 Å². The molecule has 1 heterocycles. The van der Waals surface area contributed by atoms with Crippen molar-refractivity contribution in [3.05, 3.63) is 29.8 Å². The lowest BCUT2D eigenvalue weighted by Gasteiger charge is -2.31. The van der Waals surface area contributed by atoms with E-state index in [1.165, 1.54) is 5.56 Å². The second kappa shape index (κ2) is 6.54. The van der Waals surface area contributed by atoms with Crippen molar-refractivity contribution in [3.8, 4) is 5.75 Å². The summed E-state index contributed by atoms with van der Waals surface area (Å²) in [6.45, 7) is 4.98. The topological polar surface area (TPSA) is 58.8 Å². The van der Waals surface area contributed by atoms with Crippen LogP contribution in [0, 0.1) is 0 Å². The van der Waals surface area contributed by atoms with Gasteiger partial charge in [-0.05, 0) is 24.1 Å². The van der Waals surface area contributed by atoms with E-state index in [1.54, 1.807) is 9.91 Å². The van der Waals surface area contributed by atoms with Gasteiger partial charge >= 0.3 is 0 Å². The lowest BCUT2D eigenvalue weighted by atomic mass is 10.2. The number of nitrogens with zero attached hydrogens (tertiary/aromatic N) is 2. The van der Waals surface area contributed by atoms with Crippen molar-refractivity contribution >= 4 is 5.91 Å². The van der Waals surface area contributed by atoms with Crippen molar-refractivity contribution in [2.75, 3.05) is 32.8 Å². The van der Waals surface area contributed by atoms with Gasteiger partial charge in [-0.2, -0.15) is 0 Å². The molecule has 0 aromatic heterocycles. The van der Waals surface area contributed by atoms with Crippen LogP contribution >= 0.6 is 0 Å². The number of carbonyl (C=O) groups is 1. The Kier molecular flexibility index (Phi) is 4.76. The minimum Gasteiger partial charge on any atom is -0.484 e. The Morgan fingerprint density at radius 1 is 1.32 bits per heavy atom. The molecule has 19 heavy (non-hydrogen) atoms. The van der Waals surface area contributed by atoms with Crippen LogP contribution in [0.3, 0.4) is 0 Å². The van der Waals surface area contributed by atoms with Crippen molar-refractivity contribution in [2.24, 2.45) is 5.84 Å². The van der Waals surface area contributed by atoms with Gasteiger partial charge in [0.25, 0.3) is 5.91 Å². The fourth-order valence-electron chi connectivity index (χ4n) is 2.06. The third kappa shape index (κ3) is 3.94. The summed E-state index contributed by atoms with van der Waals surface area (Å²) in [5.41, 5.74) is 1.21. The number of nitrogens with two attached hydrogens (primary N) is 1. The maximum Gasteiger partial charge on any atom is 0.260 e. The summed E-state index contributed by atoms with van der Waals surface area (Å²) < 4.78 is 5.55. The first-order valence-corrected chi connectivity index (χ1v) is 6.68. The first-order chi connectivity index (χ1) is 9.19. The molecular formula is C14H21N3O2. The molecule has 5 nitrogen and oxygen atoms in total. The van der Waals surface area contributed by atoms with E-state index in [0.29, 0.717) is 13.1 Å². The Morgan fingerprint density at radius 2 is 2.05 bits per heavy atom. The number of amides is 1. The van der Waals surface area contributed by atoms with Gasteiger partial charge in [0.05, 0.1) is 0 Å². The van der Waals surface area contributed by atoms with E-state index < -0.39 is 0 Å². The van der Waals surface area contributed by atoms with Gasteiger partial charge in [0.2, 0.25) is 0 Å². The molecule has 0 radical (unpaired) electrons. The number of rotatable bonds is 4. The molecule has 1 fully saturated rings. The molecular weight excluding hydrogens is 242 g/mol. The fourth-order valence-corrected chi connectivity index (χ4v) is 2.06. The van der Waals surface area contributed by atoms with Crippen LogP contribution in [-0.2, 0) is 11.2 Å². The van der Waals surface area contributed by atoms with Crippen LogP contribution in [0.4, 0.5) is 0 Å². The Labute approximate surface area is 113 Å². The fraction of sp³-hybridized carbons (Fsp3) is 0.500. The van der Waals surface area contributed by atoms with E-state index in [2.05, 4.69) is 13.0 Å². The highest BCUT2D eigenvalue weighted by Gasteiger charge is 2.19. The van der Waals surface area contributed by atoms with Gasteiger partial charge in [-0.1, -0.05) is 19.1 Å². The van der Waals surface area contributed by atoms with Gasteiger partial charge in [0.1, 0.15) is 5.75 Å². The lowest BCUT2D eigenvalue weighted by molar-refractivity contribution is -0.135. The molecule has 0 aliphatic carbocycles. The van der Waals surface area contributed by atoms with Gasteiger partial charge in [0.15, 0.2) is 6.61 Å². The molecule has 1 aromatic carbocycles. The van der Waals surface area contributed by atoms with Gasteiger partial charge in [-0.15, -0.1) is 0 Å². The zero-order valence-corrected chi connectivity index (χ0v) is 11.3. The van der Waals surface area contributed by atoms with Crippen LogP contribution in [0.2, 0.25) is 0 Å². The normalized spacial score (nSPS) is 16.4. The zero-order chi connectivity index (χ0) is 13.7. The van der Waals surface area contributed by atoms with E-state index in [9.17, 15) is 4.79 Å². The molecule has 1 aromatic rings. The Balaban J connectivity index is 1.82. The molecule has 0 atom stereocenters. The number of hydrogen-bond donors (Lipinski definition) is 1. The third-order valence-electron chi connectivity index (χ3n) is 3.34. The summed E-state index contributed by atoms with van der Waals surface area (Å²) in [6.07, 6.45) is 0.962. The second-order valence-corrected chi connectivity index (χ2v) is 4.71. The number of aryl methyl sites for hydroxylation is 1. The van der Waals surface area contributed by atoms with Crippen LogP contribution in [0.5, 0.6) is 5.75 Å². The molecule has 0 unspecified atom stereocenters. The Hall–Kier alpha value is -1.59. The van der Waals surface area contributed by atoms with Gasteiger partial charge in [-0.25, -0.2) is 5.01 Å². The highest BCUT2D eigenvalue weighted by atomic mass is 16.5. The number of benzene rings is 1. The van der Waals surface area contributed by atoms with Gasteiger partial charge in [-0.3, -0.25) is 10.6 Å². The number of carbonyl (C=O) groups excluding carboxylic acids is 1. The molecule has 5 heteroatoms. The SMILES string of the molecule is CCc1cccc(OCC(=O)N2CCN(N)CC2)c1. The molecule has 1 aliphatic heterocycles. The van der Waals surface area contributed by atoms with Crippen LogP contribution in [0.25, 0.3) is 0 Å². The van der Waals surface area contributed by atoms with Crippen LogP contribution in [0.15, 0.2) is 24.3 Å². The molecule has 1 amide bonds. The summed E-state index contributed by atoms with van der Waals surface area (Å²) in [4.78, 5) is 13.8. The standard InChI is InChI=1S/C14H21N3O2/c1-2-12-4-3-5-13(10-12)19-11-14(18)16-6-8-17(15)9-7-16/h3-5,10H,2,6-9,11,15H2,1H3. The van der Waals surface area contributed by atoms with Crippen molar-refractivity contribution in [1.29, 1.82) is 0 Å². The maximum atomic E-state index is 12.0. The van der Waals surface area contributed by atoms with Gasteiger partial charge in [0, 0.05) is 26.2 Å². The number of ether oxygens (including phenoxy) is 1. The average molecular weight is 263 g/mol. The molecule has 2 rings (SSSR count). The van der Waals surface area contributed by atoms with E-state index in [-0.39, 0.29) is 12.5 Å². The minimum atomic E-state index is 0.0231. The number of hydrogen-bond acceptors (Lipinski definition) is 4. The molecule has 0 spiro atoms. The summed E-state index contributed by atoms with van der Waals surface area (Å²) >= 11 is 0. The molecule has 0 bridgehead atoms. The van der Waals surface area contributed by atoms with Crippen LogP contribution in [-0.4, -0.2) is 48.6 Å². The minimum absolute atomic E-state index is 0.0231. The molecule has 2 N–H and O–H groups in total. The lowest BCUT2D eigenvalue weighted by Crippen LogP contribution is -2.52. The number of hydrazine groups is 1. The van der Waals surface area contributed by atoms with Crippen LogP contribution < -0.4 is 10.6 Å². The monoisotopic (exact) mass is 263 g/mol. The van der Waals surface area contributed by atoms with E-state index in [4.69, 9.17) is 10.6 Å². The molecule has 104 valence electrons. The summed E-state index contributed by atoms with van der Waals surface area (Å²) in [5.74, 6) is 6.44. The van der Waals surface area contributed by atoms with Gasteiger partial charge < -0.3 is 9.64 Å². The first-order valence-electron chi connectivity index (χ1n) is 6.68. The average Bonchev–Trinajstić information content (AvgIpc) is 2.46. The Bertz CT molecular complexity index is 428. The largest absolute Gasteiger partial charge is 0.484 e. The predicted octanol–water partition coefficient (Wildman–Crippen LogP) is 0.646. The van der Waals surface area contributed by atoms with E-state index in [1.807, 2.05) is 18.2 Å². The second-order valence-electron chi connectivity index (χ2n) is 4.71. The predicted molar refractivity (Wildman–Crippen MR) is 73.7 cm³/mol. The molecule has 1 saturated heterocycles. The summed E-state index contributed by atoms with van der Waals surface area (Å²) in [5, 5.41) is 1.73. The van der Waals surface area contributed by atoms with E-state index in [0.717, 1.165) is 25.3 Å². The maximum absolute atomic E-state index is 12.0. The molecule has 1 aliphatic rings. The van der Waals surface area contributed by atoms with Crippen molar-refractivity contribution in [3.63, 3.8) is 0 Å². The highest BCUT2D eigenvalue weighted by molar-refractivity contribution is 5.77. The number of piperazine rings is 1. The van der Waals surface area contributed by atoms with Crippen LogP contribution in [0.1, 0.15) is 12.5 Å². The first kappa shape index (κ1) is 13.8. The smallest absolute Gasteiger partial charge is 0.260 e. The van der Waals surface area contributed by atoms with E-state index >= 15 is 0 Å². The molecule has 0 saturated carbocycles. The summed E-state index contributed by atoms with van der Waals surface area (Å²) in [6, 6.07) is 7.86. The van der Waals surface area contributed by atoms with Crippen molar-refractivity contribution in [2.45, 2.75) is 13.3 Å². The zero-order valence-electron chi connectivity index (χ0n) is 11.3. The quantitative estimate of drug-likeness (QED) is 0.810. The van der Waals surface area contributed by atoms with Crippen molar-refractivity contribution in [1.82, 2.24) is 9.91 Å². The third-order valence-corrected chi connectivity index (χ3v) is 3.34. The highest BCUT2D eigenvalue weighted by Crippen LogP contribution is 2.13.